The zero-order valence-corrected chi connectivity index (χ0v) is 22.8. The largest absolute Gasteiger partial charge is 0.508 e. The molecule has 0 bridgehead atoms. The number of phenolic OH excluding ortho intramolecular Hbond substituents is 1. The van der Waals surface area contributed by atoms with E-state index >= 15 is 0 Å². The van der Waals surface area contributed by atoms with Crippen LogP contribution in [0.2, 0.25) is 0 Å². The van der Waals surface area contributed by atoms with Crippen LogP contribution in [0, 0.1) is 5.92 Å². The highest BCUT2D eigenvalue weighted by Crippen LogP contribution is 2.27. The lowest BCUT2D eigenvalue weighted by Crippen LogP contribution is -2.55. The van der Waals surface area contributed by atoms with Crippen LogP contribution in [0.5, 0.6) is 5.75 Å². The Bertz CT molecular complexity index is 830. The molecule has 0 radical (unpaired) electrons. The molecule has 8 heteroatoms. The lowest BCUT2D eigenvalue weighted by Gasteiger charge is -2.38. The van der Waals surface area contributed by atoms with E-state index in [1.165, 1.54) is 17.0 Å². The number of phenols is 1. The molecule has 198 valence electrons. The van der Waals surface area contributed by atoms with Crippen LogP contribution >= 0.6 is 0 Å². The minimum absolute atomic E-state index is 0.0671. The average molecular weight is 492 g/mol. The van der Waals surface area contributed by atoms with Crippen LogP contribution in [0.3, 0.4) is 0 Å². The van der Waals surface area contributed by atoms with E-state index in [1.807, 2.05) is 41.5 Å². The van der Waals surface area contributed by atoms with Gasteiger partial charge in [0.2, 0.25) is 11.8 Å². The molecular weight excluding hydrogens is 446 g/mol. The van der Waals surface area contributed by atoms with Gasteiger partial charge in [0.15, 0.2) is 0 Å². The van der Waals surface area contributed by atoms with E-state index in [9.17, 15) is 19.5 Å². The Morgan fingerprint density at radius 3 is 2.03 bits per heavy atom. The van der Waals surface area contributed by atoms with Crippen molar-refractivity contribution in [2.75, 3.05) is 0 Å². The first-order valence-electron chi connectivity index (χ1n) is 12.6. The first kappa shape index (κ1) is 30.3. The van der Waals surface area contributed by atoms with Gasteiger partial charge in [0.1, 0.15) is 23.4 Å². The topological polar surface area (TPSA) is 108 Å². The standard InChI is InChI=1S/C27H45N3O5/c1-10-11-19(6)28-24(32)23(20-12-14-21(31)15-13-20)30(18(4)5)25(33)22(16-17(2)3)29-26(34)35-27(7,8)9/h12-15,17-19,22-23,31H,10-11,16H2,1-9H3,(H,28,32)(H,29,34). The number of benzene rings is 1. The maximum Gasteiger partial charge on any atom is 0.408 e. The summed E-state index contributed by atoms with van der Waals surface area (Å²) in [5, 5.41) is 15.5. The van der Waals surface area contributed by atoms with Crippen LogP contribution in [0.4, 0.5) is 4.79 Å². The van der Waals surface area contributed by atoms with E-state index < -0.39 is 23.8 Å². The second kappa shape index (κ2) is 13.4. The number of rotatable bonds is 11. The summed E-state index contributed by atoms with van der Waals surface area (Å²) in [6.07, 6.45) is 1.42. The maximum atomic E-state index is 13.9. The molecule has 3 unspecified atom stereocenters. The number of carbonyl (C=O) groups excluding carboxylic acids is 3. The van der Waals surface area contributed by atoms with Crippen molar-refractivity contribution >= 4 is 17.9 Å². The molecule has 1 aromatic carbocycles. The predicted molar refractivity (Wildman–Crippen MR) is 138 cm³/mol. The summed E-state index contributed by atoms with van der Waals surface area (Å²) >= 11 is 0. The van der Waals surface area contributed by atoms with Crippen LogP contribution in [0.15, 0.2) is 24.3 Å². The fourth-order valence-electron chi connectivity index (χ4n) is 3.92. The Hall–Kier alpha value is -2.77. The van der Waals surface area contributed by atoms with Gasteiger partial charge in [0.25, 0.3) is 0 Å². The van der Waals surface area contributed by atoms with E-state index in [2.05, 4.69) is 10.6 Å². The molecule has 3 N–H and O–H groups in total. The van der Waals surface area contributed by atoms with Gasteiger partial charge in [-0.25, -0.2) is 4.79 Å². The summed E-state index contributed by atoms with van der Waals surface area (Å²) < 4.78 is 5.40. The third-order valence-corrected chi connectivity index (χ3v) is 5.35. The van der Waals surface area contributed by atoms with Crippen LogP contribution in [0.25, 0.3) is 0 Å². The van der Waals surface area contributed by atoms with E-state index in [0.717, 1.165) is 12.8 Å². The van der Waals surface area contributed by atoms with E-state index in [0.29, 0.717) is 12.0 Å². The fourth-order valence-corrected chi connectivity index (χ4v) is 3.92. The van der Waals surface area contributed by atoms with E-state index in [-0.39, 0.29) is 35.6 Å². The van der Waals surface area contributed by atoms with Gasteiger partial charge in [-0.15, -0.1) is 0 Å². The summed E-state index contributed by atoms with van der Waals surface area (Å²) in [6, 6.07) is 4.07. The molecule has 3 atom stereocenters. The van der Waals surface area contributed by atoms with Crippen molar-refractivity contribution in [1.29, 1.82) is 0 Å². The number of carbonyl (C=O) groups is 3. The van der Waals surface area contributed by atoms with Crippen LogP contribution in [-0.2, 0) is 14.3 Å². The van der Waals surface area contributed by atoms with Gasteiger partial charge < -0.3 is 25.4 Å². The molecule has 3 amide bonds. The molecule has 0 saturated carbocycles. The van der Waals surface area contributed by atoms with Crippen molar-refractivity contribution < 1.29 is 24.2 Å². The number of ether oxygens (including phenoxy) is 1. The van der Waals surface area contributed by atoms with Crippen LogP contribution in [-0.4, -0.2) is 51.6 Å². The van der Waals surface area contributed by atoms with Crippen molar-refractivity contribution in [2.24, 2.45) is 5.92 Å². The first-order chi connectivity index (χ1) is 16.2. The average Bonchev–Trinajstić information content (AvgIpc) is 2.69. The third-order valence-electron chi connectivity index (χ3n) is 5.35. The van der Waals surface area contributed by atoms with Crippen LogP contribution < -0.4 is 10.6 Å². The molecule has 0 aliphatic carbocycles. The summed E-state index contributed by atoms with van der Waals surface area (Å²) in [5.41, 5.74) is -0.136. The Morgan fingerprint density at radius 2 is 1.57 bits per heavy atom. The maximum absolute atomic E-state index is 13.9. The first-order valence-corrected chi connectivity index (χ1v) is 12.6. The van der Waals surface area contributed by atoms with Crippen molar-refractivity contribution in [1.82, 2.24) is 15.5 Å². The van der Waals surface area contributed by atoms with Gasteiger partial charge in [-0.3, -0.25) is 9.59 Å². The predicted octanol–water partition coefficient (Wildman–Crippen LogP) is 4.91. The minimum Gasteiger partial charge on any atom is -0.508 e. The van der Waals surface area contributed by atoms with Gasteiger partial charge in [-0.1, -0.05) is 39.3 Å². The Labute approximate surface area is 210 Å². The summed E-state index contributed by atoms with van der Waals surface area (Å²) in [5.74, 6) is -0.493. The molecule has 0 spiro atoms. The molecule has 0 saturated heterocycles. The molecule has 1 rings (SSSR count). The smallest absolute Gasteiger partial charge is 0.408 e. The minimum atomic E-state index is -0.933. The number of alkyl carbamates (subject to hydrolysis) is 1. The highest BCUT2D eigenvalue weighted by molar-refractivity contribution is 5.92. The number of hydrogen-bond donors (Lipinski definition) is 3. The fraction of sp³-hybridized carbons (Fsp3) is 0.667. The summed E-state index contributed by atoms with van der Waals surface area (Å²) in [6.45, 7) is 16.9. The van der Waals surface area contributed by atoms with Gasteiger partial charge >= 0.3 is 6.09 Å². The molecule has 0 aliphatic rings. The van der Waals surface area contributed by atoms with Gasteiger partial charge in [0, 0.05) is 12.1 Å². The zero-order valence-electron chi connectivity index (χ0n) is 22.8. The van der Waals surface area contributed by atoms with Gasteiger partial charge in [0.05, 0.1) is 0 Å². The third kappa shape index (κ3) is 10.2. The SMILES string of the molecule is CCCC(C)NC(=O)C(c1ccc(O)cc1)N(C(=O)C(CC(C)C)NC(=O)OC(C)(C)C)C(C)C. The monoisotopic (exact) mass is 491 g/mol. The van der Waals surface area contributed by atoms with Crippen molar-refractivity contribution in [3.05, 3.63) is 29.8 Å². The summed E-state index contributed by atoms with van der Waals surface area (Å²) in [7, 11) is 0. The normalized spacial score (nSPS) is 14.3. The number of aromatic hydroxyl groups is 1. The van der Waals surface area contributed by atoms with Crippen molar-refractivity contribution in [2.45, 2.75) is 111 Å². The highest BCUT2D eigenvalue weighted by Gasteiger charge is 2.38. The molecule has 0 aromatic heterocycles. The molecule has 0 heterocycles. The lowest BCUT2D eigenvalue weighted by atomic mass is 9.97. The Morgan fingerprint density at radius 1 is 1.00 bits per heavy atom. The second-order valence-electron chi connectivity index (χ2n) is 10.9. The van der Waals surface area contributed by atoms with E-state index in [1.54, 1.807) is 32.9 Å². The Balaban J connectivity index is 3.43. The second-order valence-corrected chi connectivity index (χ2v) is 10.9. The number of nitrogens with one attached hydrogen (secondary N) is 2. The highest BCUT2D eigenvalue weighted by atomic mass is 16.6. The molecule has 0 fully saturated rings. The molecular formula is C27H45N3O5. The molecule has 35 heavy (non-hydrogen) atoms. The van der Waals surface area contributed by atoms with Crippen LogP contribution in [0.1, 0.15) is 93.2 Å². The van der Waals surface area contributed by atoms with Gasteiger partial charge in [-0.2, -0.15) is 0 Å². The number of hydrogen-bond acceptors (Lipinski definition) is 5. The quantitative estimate of drug-likeness (QED) is 0.407. The Kier molecular flexibility index (Phi) is 11.5. The molecule has 8 nitrogen and oxygen atoms in total. The summed E-state index contributed by atoms with van der Waals surface area (Å²) in [4.78, 5) is 41.6. The van der Waals surface area contributed by atoms with Gasteiger partial charge in [-0.05, 0) is 78.0 Å². The van der Waals surface area contributed by atoms with Crippen molar-refractivity contribution in [3.8, 4) is 5.75 Å². The van der Waals surface area contributed by atoms with E-state index in [4.69, 9.17) is 4.74 Å². The van der Waals surface area contributed by atoms with Crippen molar-refractivity contribution in [3.63, 3.8) is 0 Å². The lowest BCUT2D eigenvalue weighted by molar-refractivity contribution is -0.145. The number of amides is 3. The molecule has 1 aromatic rings. The molecule has 0 aliphatic heterocycles. The number of nitrogens with zero attached hydrogens (tertiary/aromatic N) is 1. The zero-order chi connectivity index (χ0) is 26.9.